The van der Waals surface area contributed by atoms with Crippen molar-refractivity contribution >= 4 is 11.6 Å². The van der Waals surface area contributed by atoms with Gasteiger partial charge >= 0.3 is 0 Å². The van der Waals surface area contributed by atoms with Gasteiger partial charge in [0.1, 0.15) is 0 Å². The number of aromatic nitrogens is 2. The number of nitrogens with zero attached hydrogens (tertiary/aromatic N) is 3. The summed E-state index contributed by atoms with van der Waals surface area (Å²) in [6.45, 7) is 4.95. The highest BCUT2D eigenvalue weighted by Crippen LogP contribution is 2.23. The number of carbonyl (C=O) groups excluding carboxylic acids is 1. The molecule has 0 radical (unpaired) electrons. The van der Waals surface area contributed by atoms with Gasteiger partial charge in [0, 0.05) is 48.8 Å². The predicted molar refractivity (Wildman–Crippen MR) is 124 cm³/mol. The third kappa shape index (κ3) is 5.33. The van der Waals surface area contributed by atoms with Gasteiger partial charge in [-0.15, -0.1) is 0 Å². The zero-order valence-electron chi connectivity index (χ0n) is 18.3. The molecule has 2 aromatic carbocycles. The van der Waals surface area contributed by atoms with E-state index in [0.717, 1.165) is 43.7 Å². The minimum Gasteiger partial charge on any atom is -0.371 e. The van der Waals surface area contributed by atoms with Crippen molar-refractivity contribution in [2.45, 2.75) is 38.4 Å². The molecule has 2 N–H and O–H groups in total. The number of carbonyl (C=O) groups is 1. The molecule has 3 aromatic rings. The van der Waals surface area contributed by atoms with E-state index < -0.39 is 0 Å². The van der Waals surface area contributed by atoms with Gasteiger partial charge in [0.2, 0.25) is 0 Å². The first kappa shape index (κ1) is 21.1. The molecule has 0 aliphatic carbocycles. The molecule has 0 spiro atoms. The molecule has 162 valence electrons. The third-order valence-electron chi connectivity index (χ3n) is 6.21. The Bertz CT molecular complexity index is 947. The normalized spacial score (nSPS) is 15.8. The fraction of sp³-hybridized carbons (Fsp3) is 0.360. The van der Waals surface area contributed by atoms with Gasteiger partial charge in [0.15, 0.2) is 0 Å². The Hall–Kier alpha value is -3.12. The van der Waals surface area contributed by atoms with Gasteiger partial charge in [-0.05, 0) is 62.7 Å². The summed E-state index contributed by atoms with van der Waals surface area (Å²) in [6, 6.07) is 20.6. The zero-order chi connectivity index (χ0) is 21.6. The first-order valence-corrected chi connectivity index (χ1v) is 11.0. The van der Waals surface area contributed by atoms with Crippen LogP contribution in [0, 0.1) is 0 Å². The van der Waals surface area contributed by atoms with Crippen LogP contribution in [0.5, 0.6) is 0 Å². The number of hydrogen-bond donors (Lipinski definition) is 2. The summed E-state index contributed by atoms with van der Waals surface area (Å²) < 4.78 is 0. The Morgan fingerprint density at radius 2 is 1.84 bits per heavy atom. The van der Waals surface area contributed by atoms with Gasteiger partial charge in [-0.1, -0.05) is 30.3 Å². The SMILES string of the molecule is C[C@H](NC(=O)c1ccc(N2CCC(N(C)Cc3ccn[nH]3)CC2)cc1)c1ccccc1. The molecule has 0 saturated carbocycles. The Labute approximate surface area is 184 Å². The number of piperidine rings is 1. The second-order valence-electron chi connectivity index (χ2n) is 8.37. The Morgan fingerprint density at radius 3 is 2.48 bits per heavy atom. The van der Waals surface area contributed by atoms with Crippen molar-refractivity contribution in [3.63, 3.8) is 0 Å². The van der Waals surface area contributed by atoms with Crippen LogP contribution in [-0.2, 0) is 6.54 Å². The van der Waals surface area contributed by atoms with E-state index in [1.54, 1.807) is 6.20 Å². The van der Waals surface area contributed by atoms with Crippen molar-refractivity contribution in [1.82, 2.24) is 20.4 Å². The number of anilines is 1. The van der Waals surface area contributed by atoms with Crippen LogP contribution >= 0.6 is 0 Å². The third-order valence-corrected chi connectivity index (χ3v) is 6.21. The highest BCUT2D eigenvalue weighted by Gasteiger charge is 2.23. The Balaban J connectivity index is 1.29. The van der Waals surface area contributed by atoms with Crippen LogP contribution in [0.25, 0.3) is 0 Å². The molecule has 31 heavy (non-hydrogen) atoms. The minimum absolute atomic E-state index is 0.0221. The summed E-state index contributed by atoms with van der Waals surface area (Å²) in [4.78, 5) is 17.4. The van der Waals surface area contributed by atoms with Gasteiger partial charge in [0.05, 0.1) is 6.04 Å². The van der Waals surface area contributed by atoms with Crippen molar-refractivity contribution in [3.8, 4) is 0 Å². The van der Waals surface area contributed by atoms with E-state index in [2.05, 4.69) is 44.5 Å². The molecule has 6 heteroatoms. The van der Waals surface area contributed by atoms with Crippen molar-refractivity contribution in [1.29, 1.82) is 0 Å². The van der Waals surface area contributed by atoms with Crippen molar-refractivity contribution in [2.75, 3.05) is 25.0 Å². The van der Waals surface area contributed by atoms with E-state index in [4.69, 9.17) is 0 Å². The predicted octanol–water partition coefficient (Wildman–Crippen LogP) is 4.00. The number of amides is 1. The van der Waals surface area contributed by atoms with E-state index in [1.807, 2.05) is 55.5 Å². The van der Waals surface area contributed by atoms with Crippen LogP contribution in [0.15, 0.2) is 66.9 Å². The molecule has 1 aliphatic rings. The van der Waals surface area contributed by atoms with E-state index in [9.17, 15) is 4.79 Å². The summed E-state index contributed by atoms with van der Waals surface area (Å²) in [6.07, 6.45) is 4.06. The number of aromatic amines is 1. The molecule has 1 amide bonds. The van der Waals surface area contributed by atoms with Gasteiger partial charge in [-0.25, -0.2) is 0 Å². The van der Waals surface area contributed by atoms with Gasteiger partial charge < -0.3 is 10.2 Å². The summed E-state index contributed by atoms with van der Waals surface area (Å²) in [7, 11) is 2.19. The van der Waals surface area contributed by atoms with Crippen LogP contribution in [0.3, 0.4) is 0 Å². The molecule has 0 bridgehead atoms. The minimum atomic E-state index is -0.0398. The summed E-state index contributed by atoms with van der Waals surface area (Å²) in [5, 5.41) is 10.2. The second kappa shape index (κ2) is 9.79. The maximum atomic E-state index is 12.6. The largest absolute Gasteiger partial charge is 0.371 e. The summed E-state index contributed by atoms with van der Waals surface area (Å²) >= 11 is 0. The topological polar surface area (TPSA) is 64.3 Å². The lowest BCUT2D eigenvalue weighted by Crippen LogP contribution is -2.43. The molecule has 1 aromatic heterocycles. The smallest absolute Gasteiger partial charge is 0.251 e. The lowest BCUT2D eigenvalue weighted by atomic mass is 10.0. The first-order chi connectivity index (χ1) is 15.1. The fourth-order valence-electron chi connectivity index (χ4n) is 4.26. The van der Waals surface area contributed by atoms with Crippen LogP contribution in [0.4, 0.5) is 5.69 Å². The van der Waals surface area contributed by atoms with E-state index in [0.29, 0.717) is 11.6 Å². The molecule has 4 rings (SSSR count). The standard InChI is InChI=1S/C25H31N5O/c1-19(20-6-4-3-5-7-20)27-25(31)21-8-10-24(11-9-21)30-16-13-23(14-17-30)29(2)18-22-12-15-26-28-22/h3-12,15,19,23H,13-14,16-18H2,1-2H3,(H,26,28)(H,27,31)/t19-/m0/s1. The maximum absolute atomic E-state index is 12.6. The quantitative estimate of drug-likeness (QED) is 0.610. The average Bonchev–Trinajstić information content (AvgIpc) is 3.33. The number of hydrogen-bond acceptors (Lipinski definition) is 4. The van der Waals surface area contributed by atoms with Crippen LogP contribution in [-0.4, -0.2) is 47.2 Å². The fourth-order valence-corrected chi connectivity index (χ4v) is 4.26. The molecule has 2 heterocycles. The van der Waals surface area contributed by atoms with Crippen LogP contribution in [0.2, 0.25) is 0 Å². The van der Waals surface area contributed by atoms with Crippen molar-refractivity contribution in [2.24, 2.45) is 0 Å². The van der Waals surface area contributed by atoms with Crippen molar-refractivity contribution in [3.05, 3.63) is 83.7 Å². The number of rotatable bonds is 7. The second-order valence-corrected chi connectivity index (χ2v) is 8.37. The summed E-state index contributed by atoms with van der Waals surface area (Å²) in [5.74, 6) is -0.0398. The van der Waals surface area contributed by atoms with Gasteiger partial charge in [-0.3, -0.25) is 14.8 Å². The van der Waals surface area contributed by atoms with Crippen LogP contribution < -0.4 is 10.2 Å². The van der Waals surface area contributed by atoms with Crippen molar-refractivity contribution < 1.29 is 4.79 Å². The molecule has 6 nitrogen and oxygen atoms in total. The number of nitrogens with one attached hydrogen (secondary N) is 2. The molecule has 1 saturated heterocycles. The van der Waals surface area contributed by atoms with E-state index in [-0.39, 0.29) is 11.9 Å². The molecule has 0 unspecified atom stereocenters. The number of H-pyrrole nitrogens is 1. The van der Waals surface area contributed by atoms with E-state index in [1.165, 1.54) is 5.69 Å². The highest BCUT2D eigenvalue weighted by atomic mass is 16.1. The molecule has 1 aliphatic heterocycles. The number of benzene rings is 2. The zero-order valence-corrected chi connectivity index (χ0v) is 18.3. The lowest BCUT2D eigenvalue weighted by Gasteiger charge is -2.37. The average molecular weight is 418 g/mol. The molecular weight excluding hydrogens is 386 g/mol. The molecule has 1 fully saturated rings. The first-order valence-electron chi connectivity index (χ1n) is 11.0. The Kier molecular flexibility index (Phi) is 6.67. The lowest BCUT2D eigenvalue weighted by molar-refractivity contribution is 0.0940. The Morgan fingerprint density at radius 1 is 1.13 bits per heavy atom. The van der Waals surface area contributed by atoms with Crippen LogP contribution in [0.1, 0.15) is 47.4 Å². The van der Waals surface area contributed by atoms with E-state index >= 15 is 0 Å². The maximum Gasteiger partial charge on any atom is 0.251 e. The van der Waals surface area contributed by atoms with Gasteiger partial charge in [-0.2, -0.15) is 5.10 Å². The monoisotopic (exact) mass is 417 g/mol. The molecular formula is C25H31N5O. The highest BCUT2D eigenvalue weighted by molar-refractivity contribution is 5.94. The molecule has 1 atom stereocenters. The van der Waals surface area contributed by atoms with Gasteiger partial charge in [0.25, 0.3) is 5.91 Å². The summed E-state index contributed by atoms with van der Waals surface area (Å²) in [5.41, 5.74) is 4.14.